The lowest BCUT2D eigenvalue weighted by Gasteiger charge is -2.16. The summed E-state index contributed by atoms with van der Waals surface area (Å²) in [4.78, 5) is 0. The van der Waals surface area contributed by atoms with Crippen LogP contribution in [-0.2, 0) is 13.2 Å². The number of rotatable bonds is 9. The zero-order valence-corrected chi connectivity index (χ0v) is 17.6. The minimum Gasteiger partial charge on any atom is -0.490 e. The van der Waals surface area contributed by atoms with E-state index in [1.54, 1.807) is 6.07 Å². The third kappa shape index (κ3) is 6.15. The Morgan fingerprint density at radius 3 is 2.62 bits per heavy atom. The van der Waals surface area contributed by atoms with Gasteiger partial charge in [-0.05, 0) is 65.1 Å². The first kappa shape index (κ1) is 21.0. The Morgan fingerprint density at radius 1 is 1.19 bits per heavy atom. The Morgan fingerprint density at radius 2 is 1.96 bits per heavy atom. The van der Waals surface area contributed by atoms with Gasteiger partial charge < -0.3 is 14.8 Å². The zero-order valence-electron chi connectivity index (χ0n) is 15.2. The van der Waals surface area contributed by atoms with Crippen LogP contribution >= 0.6 is 27.5 Å². The summed E-state index contributed by atoms with van der Waals surface area (Å²) in [5.41, 5.74) is 1.82. The lowest BCUT2D eigenvalue weighted by atomic mass is 10.1. The topological polar surface area (TPSA) is 30.5 Å². The van der Waals surface area contributed by atoms with Crippen molar-refractivity contribution in [1.29, 1.82) is 0 Å². The average Bonchev–Trinajstić information content (AvgIpc) is 2.55. The molecule has 6 heteroatoms. The average molecular weight is 445 g/mol. The summed E-state index contributed by atoms with van der Waals surface area (Å²) in [6.45, 7) is 8.73. The van der Waals surface area contributed by atoms with Gasteiger partial charge >= 0.3 is 0 Å². The lowest BCUT2D eigenvalue weighted by Crippen LogP contribution is -2.19. The fraction of sp³-hybridized carbons (Fsp3) is 0.400. The Kier molecular flexibility index (Phi) is 8.19. The molecule has 0 heterocycles. The molecule has 1 N–H and O–H groups in total. The van der Waals surface area contributed by atoms with Crippen LogP contribution in [0.15, 0.2) is 34.8 Å². The van der Waals surface area contributed by atoms with Crippen LogP contribution in [0.4, 0.5) is 4.39 Å². The first-order chi connectivity index (χ1) is 12.4. The van der Waals surface area contributed by atoms with Crippen molar-refractivity contribution in [2.75, 3.05) is 13.2 Å². The molecule has 0 amide bonds. The van der Waals surface area contributed by atoms with E-state index in [0.29, 0.717) is 34.6 Å². The number of nitrogens with one attached hydrogen (secondary N) is 1. The molecule has 2 aromatic rings. The van der Waals surface area contributed by atoms with Gasteiger partial charge in [0.2, 0.25) is 0 Å². The monoisotopic (exact) mass is 443 g/mol. The highest BCUT2D eigenvalue weighted by Gasteiger charge is 2.14. The lowest BCUT2D eigenvalue weighted by molar-refractivity contribution is 0.267. The van der Waals surface area contributed by atoms with E-state index < -0.39 is 0 Å². The third-order valence-electron chi connectivity index (χ3n) is 3.64. The predicted octanol–water partition coefficient (Wildman–Crippen LogP) is 5.96. The van der Waals surface area contributed by atoms with Crippen LogP contribution in [0, 0.1) is 11.7 Å². The minimum atomic E-state index is -0.367. The smallest absolute Gasteiger partial charge is 0.175 e. The molecule has 142 valence electrons. The van der Waals surface area contributed by atoms with Gasteiger partial charge in [0, 0.05) is 12.1 Å². The van der Waals surface area contributed by atoms with Crippen molar-refractivity contribution < 1.29 is 13.9 Å². The summed E-state index contributed by atoms with van der Waals surface area (Å²) < 4.78 is 25.7. The maximum absolute atomic E-state index is 13.2. The van der Waals surface area contributed by atoms with E-state index in [0.717, 1.165) is 23.1 Å². The van der Waals surface area contributed by atoms with Crippen molar-refractivity contribution in [3.63, 3.8) is 0 Å². The van der Waals surface area contributed by atoms with Crippen molar-refractivity contribution in [2.24, 2.45) is 5.92 Å². The summed E-state index contributed by atoms with van der Waals surface area (Å²) in [6.07, 6.45) is 0. The zero-order chi connectivity index (χ0) is 19.1. The molecule has 0 fully saturated rings. The fourth-order valence-electron chi connectivity index (χ4n) is 2.42. The standard InChI is InChI=1S/C20H24BrClFNO2/c1-4-25-19-8-14(11-24-10-13(2)3)7-17(21)20(19)26-12-15-5-6-16(23)9-18(15)22/h5-9,13,24H,4,10-12H2,1-3H3. The van der Waals surface area contributed by atoms with Gasteiger partial charge in [-0.1, -0.05) is 31.5 Å². The van der Waals surface area contributed by atoms with Crippen molar-refractivity contribution in [2.45, 2.75) is 33.9 Å². The minimum absolute atomic E-state index is 0.225. The van der Waals surface area contributed by atoms with E-state index in [9.17, 15) is 4.39 Å². The van der Waals surface area contributed by atoms with Crippen LogP contribution in [0.25, 0.3) is 0 Å². The molecule has 0 aliphatic rings. The Labute approximate surface area is 168 Å². The molecule has 0 aromatic heterocycles. The molecule has 2 rings (SSSR count). The predicted molar refractivity (Wildman–Crippen MR) is 108 cm³/mol. The normalized spacial score (nSPS) is 11.0. The summed E-state index contributed by atoms with van der Waals surface area (Å²) in [6, 6.07) is 8.26. The molecule has 0 spiro atoms. The molecule has 0 aliphatic carbocycles. The van der Waals surface area contributed by atoms with Crippen LogP contribution in [0.1, 0.15) is 31.9 Å². The van der Waals surface area contributed by atoms with Crippen LogP contribution in [0.5, 0.6) is 11.5 Å². The maximum atomic E-state index is 13.2. The molecule has 3 nitrogen and oxygen atoms in total. The van der Waals surface area contributed by atoms with E-state index in [1.807, 2.05) is 19.1 Å². The highest BCUT2D eigenvalue weighted by atomic mass is 79.9. The largest absolute Gasteiger partial charge is 0.490 e. The molecule has 0 unspecified atom stereocenters. The Bertz CT molecular complexity index is 740. The van der Waals surface area contributed by atoms with Gasteiger partial charge in [-0.25, -0.2) is 4.39 Å². The van der Waals surface area contributed by atoms with Gasteiger partial charge in [-0.2, -0.15) is 0 Å². The summed E-state index contributed by atoms with van der Waals surface area (Å²) >= 11 is 9.64. The van der Waals surface area contributed by atoms with Crippen LogP contribution in [0.3, 0.4) is 0 Å². The van der Waals surface area contributed by atoms with E-state index in [1.165, 1.54) is 12.1 Å². The second-order valence-corrected chi connectivity index (χ2v) is 7.65. The highest BCUT2D eigenvalue weighted by molar-refractivity contribution is 9.10. The van der Waals surface area contributed by atoms with Gasteiger partial charge in [0.1, 0.15) is 12.4 Å². The second kappa shape index (κ2) is 10.1. The van der Waals surface area contributed by atoms with Crippen LogP contribution < -0.4 is 14.8 Å². The Hall–Kier alpha value is -1.30. The van der Waals surface area contributed by atoms with Crippen molar-refractivity contribution >= 4 is 27.5 Å². The molecule has 0 saturated heterocycles. The molecule has 0 atom stereocenters. The second-order valence-electron chi connectivity index (χ2n) is 6.39. The number of halogens is 3. The number of hydrogen-bond donors (Lipinski definition) is 1. The SMILES string of the molecule is CCOc1cc(CNCC(C)C)cc(Br)c1OCc1ccc(F)cc1Cl. The quantitative estimate of drug-likeness (QED) is 0.517. The molecule has 2 aromatic carbocycles. The first-order valence-corrected chi connectivity index (χ1v) is 9.80. The molecule has 0 aliphatic heterocycles. The van der Waals surface area contributed by atoms with Gasteiger partial charge in [0.15, 0.2) is 11.5 Å². The van der Waals surface area contributed by atoms with E-state index in [4.69, 9.17) is 21.1 Å². The van der Waals surface area contributed by atoms with Gasteiger partial charge in [0.25, 0.3) is 0 Å². The van der Waals surface area contributed by atoms with E-state index >= 15 is 0 Å². The van der Waals surface area contributed by atoms with Gasteiger partial charge in [0.05, 0.1) is 16.1 Å². The van der Waals surface area contributed by atoms with E-state index in [-0.39, 0.29) is 12.4 Å². The fourth-order valence-corrected chi connectivity index (χ4v) is 3.25. The summed E-state index contributed by atoms with van der Waals surface area (Å²) in [5, 5.41) is 3.76. The third-order valence-corrected chi connectivity index (χ3v) is 4.58. The first-order valence-electron chi connectivity index (χ1n) is 8.63. The molecule has 26 heavy (non-hydrogen) atoms. The molecular weight excluding hydrogens is 421 g/mol. The van der Waals surface area contributed by atoms with Crippen molar-refractivity contribution in [3.05, 3.63) is 56.8 Å². The number of ether oxygens (including phenoxy) is 2. The number of benzene rings is 2. The Balaban J connectivity index is 2.15. The van der Waals surface area contributed by atoms with Gasteiger partial charge in [-0.3, -0.25) is 0 Å². The summed E-state index contributed by atoms with van der Waals surface area (Å²) in [5.74, 6) is 1.50. The van der Waals surface area contributed by atoms with Gasteiger partial charge in [-0.15, -0.1) is 0 Å². The molecule has 0 bridgehead atoms. The highest BCUT2D eigenvalue weighted by Crippen LogP contribution is 2.38. The van der Waals surface area contributed by atoms with Crippen molar-refractivity contribution in [1.82, 2.24) is 5.32 Å². The number of hydrogen-bond acceptors (Lipinski definition) is 3. The van der Waals surface area contributed by atoms with Crippen LogP contribution in [-0.4, -0.2) is 13.2 Å². The van der Waals surface area contributed by atoms with E-state index in [2.05, 4.69) is 35.1 Å². The van der Waals surface area contributed by atoms with Crippen LogP contribution in [0.2, 0.25) is 5.02 Å². The molecule has 0 saturated carbocycles. The summed E-state index contributed by atoms with van der Waals surface area (Å²) in [7, 11) is 0. The maximum Gasteiger partial charge on any atom is 0.175 e. The molecular formula is C20H24BrClFNO2. The van der Waals surface area contributed by atoms with Crippen molar-refractivity contribution in [3.8, 4) is 11.5 Å². The molecule has 0 radical (unpaired) electrons.